The molecule has 8 nitrogen and oxygen atoms in total. The van der Waals surface area contributed by atoms with Crippen LogP contribution in [-0.4, -0.2) is 36.7 Å². The number of amides is 1. The highest BCUT2D eigenvalue weighted by Gasteiger charge is 2.13. The fourth-order valence-corrected chi connectivity index (χ4v) is 4.10. The Labute approximate surface area is 198 Å². The Bertz CT molecular complexity index is 1300. The number of nitrogens with one attached hydrogen (secondary N) is 1. The molecule has 1 amide bonds. The van der Waals surface area contributed by atoms with Crippen LogP contribution in [0.1, 0.15) is 27.2 Å². The van der Waals surface area contributed by atoms with Crippen molar-refractivity contribution in [2.24, 2.45) is 12.1 Å². The van der Waals surface area contributed by atoms with E-state index in [0.717, 1.165) is 10.7 Å². The summed E-state index contributed by atoms with van der Waals surface area (Å²) in [6.45, 7) is 1.77. The molecule has 0 radical (unpaired) electrons. The molecule has 0 bridgehead atoms. The molecule has 4 aromatic rings. The minimum absolute atomic E-state index is 0.307. The molecule has 0 unspecified atom stereocenters. The molecule has 0 aliphatic carbocycles. The Morgan fingerprint density at radius 3 is 2.61 bits per heavy atom. The largest absolute Gasteiger partial charge is 0.312 e. The molecule has 4 rings (SSSR count). The second-order valence-electron chi connectivity index (χ2n) is 7.09. The molecule has 0 aliphatic heterocycles. The summed E-state index contributed by atoms with van der Waals surface area (Å²) in [6.07, 6.45) is 3.09. The van der Waals surface area contributed by atoms with Crippen LogP contribution >= 0.6 is 23.4 Å². The zero-order valence-electron chi connectivity index (χ0n) is 17.7. The first-order chi connectivity index (χ1) is 15.9. The van der Waals surface area contributed by atoms with Crippen molar-refractivity contribution in [1.82, 2.24) is 30.0 Å². The lowest BCUT2D eigenvalue weighted by Crippen LogP contribution is -2.17. The fraction of sp³-hybridized carbons (Fsp3) is 0.136. The molecule has 11 heteroatoms. The second kappa shape index (κ2) is 9.97. The molecule has 0 saturated carbocycles. The number of thioether (sulfide) groups is 1. The van der Waals surface area contributed by atoms with Gasteiger partial charge in [0.1, 0.15) is 17.3 Å². The average molecular weight is 484 g/mol. The normalized spacial score (nSPS) is 11.3. The topological polar surface area (TPSA) is 90.0 Å². The quantitative estimate of drug-likeness (QED) is 0.242. The van der Waals surface area contributed by atoms with Crippen LogP contribution in [0.4, 0.5) is 4.39 Å². The lowest BCUT2D eigenvalue weighted by atomic mass is 10.1. The van der Waals surface area contributed by atoms with Gasteiger partial charge >= 0.3 is 0 Å². The van der Waals surface area contributed by atoms with E-state index >= 15 is 0 Å². The third-order valence-corrected chi connectivity index (χ3v) is 6.20. The molecule has 0 atom stereocenters. The first-order valence-electron chi connectivity index (χ1n) is 9.82. The van der Waals surface area contributed by atoms with Gasteiger partial charge in [0.05, 0.1) is 23.2 Å². The van der Waals surface area contributed by atoms with E-state index < -0.39 is 0 Å². The molecular weight excluding hydrogens is 465 g/mol. The first-order valence-corrected chi connectivity index (χ1v) is 11.2. The standard InChI is InChI=1S/C22H19ClFN7OS/c1-14-19(20(23)31(29-14)18-9-7-17(24)8-10-18)11-25-27-21(32)16-5-3-15(4-6-16)12-33-22-28-26-13-30(22)2/h3-11,13H,12H2,1-2H3,(H,27,32)/b25-11-. The van der Waals surface area contributed by atoms with Gasteiger partial charge < -0.3 is 4.57 Å². The van der Waals surface area contributed by atoms with E-state index in [1.54, 1.807) is 49.3 Å². The van der Waals surface area contributed by atoms with Crippen molar-refractivity contribution in [2.75, 3.05) is 0 Å². The van der Waals surface area contributed by atoms with Gasteiger partial charge in [0.25, 0.3) is 5.91 Å². The molecule has 33 heavy (non-hydrogen) atoms. The molecule has 168 valence electrons. The predicted molar refractivity (Wildman–Crippen MR) is 125 cm³/mol. The lowest BCUT2D eigenvalue weighted by molar-refractivity contribution is 0.0955. The van der Waals surface area contributed by atoms with Gasteiger partial charge in [-0.1, -0.05) is 35.5 Å². The average Bonchev–Trinajstić information content (AvgIpc) is 3.35. The number of hydrogen-bond acceptors (Lipinski definition) is 6. The van der Waals surface area contributed by atoms with Crippen LogP contribution in [0.2, 0.25) is 5.15 Å². The van der Waals surface area contributed by atoms with Crippen molar-refractivity contribution in [3.05, 3.63) is 88.2 Å². The maximum absolute atomic E-state index is 13.2. The number of rotatable bonds is 7. The van der Waals surface area contributed by atoms with Gasteiger partial charge in [-0.2, -0.15) is 10.2 Å². The minimum Gasteiger partial charge on any atom is -0.312 e. The van der Waals surface area contributed by atoms with Crippen LogP contribution < -0.4 is 5.43 Å². The number of hydrogen-bond donors (Lipinski definition) is 1. The zero-order valence-corrected chi connectivity index (χ0v) is 19.3. The summed E-state index contributed by atoms with van der Waals surface area (Å²) in [5, 5.41) is 17.4. The van der Waals surface area contributed by atoms with E-state index in [1.807, 2.05) is 23.7 Å². The highest BCUT2D eigenvalue weighted by atomic mass is 35.5. The SMILES string of the molecule is Cc1nn(-c2ccc(F)cc2)c(Cl)c1/C=N\NC(=O)c1ccc(CSc2nncn2C)cc1. The van der Waals surface area contributed by atoms with Gasteiger partial charge in [-0.15, -0.1) is 10.2 Å². The summed E-state index contributed by atoms with van der Waals surface area (Å²) in [5.74, 6) is 0.0153. The maximum Gasteiger partial charge on any atom is 0.271 e. The summed E-state index contributed by atoms with van der Waals surface area (Å²) in [7, 11) is 1.89. The smallest absolute Gasteiger partial charge is 0.271 e. The van der Waals surface area contributed by atoms with Crippen molar-refractivity contribution >= 4 is 35.5 Å². The van der Waals surface area contributed by atoms with Gasteiger partial charge in [-0.05, 0) is 48.9 Å². The molecule has 1 N–H and O–H groups in total. The molecule has 2 aromatic heterocycles. The van der Waals surface area contributed by atoms with Gasteiger partial charge in [0.2, 0.25) is 0 Å². The van der Waals surface area contributed by atoms with E-state index in [9.17, 15) is 9.18 Å². The molecule has 0 fully saturated rings. The van der Waals surface area contributed by atoms with E-state index in [4.69, 9.17) is 11.6 Å². The third kappa shape index (κ3) is 5.29. The number of hydrazone groups is 1. The van der Waals surface area contributed by atoms with E-state index in [-0.39, 0.29) is 11.7 Å². The van der Waals surface area contributed by atoms with Gasteiger partial charge in [-0.3, -0.25) is 4.79 Å². The molecule has 0 aliphatic rings. The number of benzene rings is 2. The summed E-state index contributed by atoms with van der Waals surface area (Å²) in [5.41, 5.74) is 5.82. The number of carbonyl (C=O) groups excluding carboxylic acids is 1. The summed E-state index contributed by atoms with van der Waals surface area (Å²) in [6, 6.07) is 13.1. The van der Waals surface area contributed by atoms with Gasteiger partial charge in [0.15, 0.2) is 5.16 Å². The minimum atomic E-state index is -0.349. The predicted octanol–water partition coefficient (Wildman–Crippen LogP) is 4.16. The number of nitrogens with zero attached hydrogens (tertiary/aromatic N) is 6. The summed E-state index contributed by atoms with van der Waals surface area (Å²) < 4.78 is 16.5. The van der Waals surface area contributed by atoms with Crippen molar-refractivity contribution in [3.63, 3.8) is 0 Å². The van der Waals surface area contributed by atoms with Crippen LogP contribution in [0.5, 0.6) is 0 Å². The van der Waals surface area contributed by atoms with Gasteiger partial charge in [-0.25, -0.2) is 14.5 Å². The Hall–Kier alpha value is -3.50. The number of carbonyl (C=O) groups is 1. The Morgan fingerprint density at radius 1 is 1.21 bits per heavy atom. The number of halogens is 2. The van der Waals surface area contributed by atoms with Crippen LogP contribution in [0.3, 0.4) is 0 Å². The summed E-state index contributed by atoms with van der Waals surface area (Å²) >= 11 is 7.98. The maximum atomic E-state index is 13.2. The Kier molecular flexibility index (Phi) is 6.85. The number of aromatic nitrogens is 5. The number of aryl methyl sites for hydroxylation is 2. The van der Waals surface area contributed by atoms with Crippen molar-refractivity contribution in [3.8, 4) is 5.69 Å². The van der Waals surface area contributed by atoms with E-state index in [1.165, 1.54) is 23.0 Å². The molecule has 2 heterocycles. The first kappa shape index (κ1) is 22.7. The van der Waals surface area contributed by atoms with Crippen LogP contribution in [0.25, 0.3) is 5.69 Å². The fourth-order valence-electron chi connectivity index (χ4n) is 2.93. The van der Waals surface area contributed by atoms with E-state index in [2.05, 4.69) is 25.8 Å². The lowest BCUT2D eigenvalue weighted by Gasteiger charge is -2.04. The Balaban J connectivity index is 1.38. The molecule has 0 spiro atoms. The highest BCUT2D eigenvalue weighted by molar-refractivity contribution is 7.98. The summed E-state index contributed by atoms with van der Waals surface area (Å²) in [4.78, 5) is 12.4. The monoisotopic (exact) mass is 483 g/mol. The van der Waals surface area contributed by atoms with Crippen molar-refractivity contribution in [2.45, 2.75) is 17.8 Å². The highest BCUT2D eigenvalue weighted by Crippen LogP contribution is 2.22. The second-order valence-corrected chi connectivity index (χ2v) is 8.39. The molecule has 0 saturated heterocycles. The van der Waals surface area contributed by atoms with E-state index in [0.29, 0.717) is 33.4 Å². The molecular formula is C22H19ClFN7OS. The van der Waals surface area contributed by atoms with Crippen molar-refractivity contribution in [1.29, 1.82) is 0 Å². The van der Waals surface area contributed by atoms with Gasteiger partial charge in [0, 0.05) is 18.4 Å². The van der Waals surface area contributed by atoms with Crippen LogP contribution in [0, 0.1) is 12.7 Å². The third-order valence-electron chi connectivity index (χ3n) is 4.73. The van der Waals surface area contributed by atoms with Crippen molar-refractivity contribution < 1.29 is 9.18 Å². The molecule has 2 aromatic carbocycles. The Morgan fingerprint density at radius 2 is 1.94 bits per heavy atom. The van der Waals surface area contributed by atoms with Crippen LogP contribution in [0.15, 0.2) is 65.1 Å². The zero-order chi connectivity index (χ0) is 23.4. The van der Waals surface area contributed by atoms with Crippen LogP contribution in [-0.2, 0) is 12.8 Å².